The molecule has 0 saturated heterocycles. The summed E-state index contributed by atoms with van der Waals surface area (Å²) in [6.07, 6.45) is 1.31. The molecular formula is C35H43AlF2IN4O6-. The zero-order valence-electron chi connectivity index (χ0n) is 28.3. The van der Waals surface area contributed by atoms with Gasteiger partial charge in [-0.25, -0.2) is 4.39 Å². The summed E-state index contributed by atoms with van der Waals surface area (Å²) in [4.78, 5) is 52.1. The van der Waals surface area contributed by atoms with E-state index >= 15 is 0 Å². The SMILES string of the molecule is C[C](C)([Al])C(CC(=O)O)C(=O)N[I-]C(=O)[C@@H](N)CCN(C(=O)CO)[C@@H](c1cc(-c2cc(F)ccc2F)cn1Cc1ccccc1)C(C)(C)C. The molecule has 2 aromatic carbocycles. The second-order valence-electron chi connectivity index (χ2n) is 13.6. The number of aliphatic carboxylic acids is 1. The molecule has 0 spiro atoms. The first-order valence-electron chi connectivity index (χ1n) is 15.7. The van der Waals surface area contributed by atoms with Gasteiger partial charge in [-0.1, -0.05) is 6.07 Å². The Hall–Kier alpha value is -3.16. The summed E-state index contributed by atoms with van der Waals surface area (Å²) in [6, 6.07) is 12.6. The van der Waals surface area contributed by atoms with Crippen LogP contribution in [-0.2, 0) is 25.7 Å². The van der Waals surface area contributed by atoms with Crippen LogP contribution in [0.1, 0.15) is 64.8 Å². The van der Waals surface area contributed by atoms with E-state index in [1.807, 2.05) is 55.7 Å². The number of carbonyl (C=O) groups excluding carboxylic acids is 3. The zero-order valence-corrected chi connectivity index (χ0v) is 31.6. The fraction of sp³-hybridized carbons (Fsp3) is 0.429. The monoisotopic (exact) mass is 807 g/mol. The molecule has 3 rings (SSSR count). The molecule has 3 aromatic rings. The quantitative estimate of drug-likeness (QED) is 0.0735. The molecule has 0 bridgehead atoms. The number of aromatic nitrogens is 1. The summed E-state index contributed by atoms with van der Waals surface area (Å²) in [5.74, 6) is -4.41. The topological polar surface area (TPSA) is 155 Å². The third-order valence-electron chi connectivity index (χ3n) is 8.03. The third-order valence-corrected chi connectivity index (χ3v) is 10.6. The number of carboxylic acid groups (broad SMARTS) is 1. The Labute approximate surface area is 304 Å². The Morgan fingerprint density at radius 2 is 1.69 bits per heavy atom. The van der Waals surface area contributed by atoms with Crippen LogP contribution in [0.2, 0.25) is 4.28 Å². The molecule has 0 aliphatic rings. The molecule has 5 N–H and O–H groups in total. The number of benzene rings is 2. The molecule has 10 nitrogen and oxygen atoms in total. The Bertz CT molecular complexity index is 1640. The average Bonchev–Trinajstić information content (AvgIpc) is 3.42. The molecule has 0 aliphatic heterocycles. The van der Waals surface area contributed by atoms with Gasteiger partial charge in [-0.05, 0) is 6.07 Å². The van der Waals surface area contributed by atoms with E-state index in [4.69, 9.17) is 5.73 Å². The molecule has 3 atom stereocenters. The molecule has 14 heteroatoms. The van der Waals surface area contributed by atoms with Crippen LogP contribution < -0.4 is 30.7 Å². The number of halogens is 3. The number of nitrogens with two attached hydrogens (primary N) is 1. The van der Waals surface area contributed by atoms with Crippen molar-refractivity contribution in [1.29, 1.82) is 0 Å². The van der Waals surface area contributed by atoms with Crippen molar-refractivity contribution in [1.82, 2.24) is 13.0 Å². The number of hydrogen-bond acceptors (Lipinski definition) is 6. The van der Waals surface area contributed by atoms with Gasteiger partial charge in [0.1, 0.15) is 0 Å². The fourth-order valence-corrected chi connectivity index (χ4v) is 7.48. The summed E-state index contributed by atoms with van der Waals surface area (Å²) in [5, 5.41) is 19.3. The third kappa shape index (κ3) is 11.2. The minimum absolute atomic E-state index is 0.00516. The Balaban J connectivity index is 1.94. The van der Waals surface area contributed by atoms with Gasteiger partial charge in [0.2, 0.25) is 0 Å². The number of carboxylic acids is 1. The van der Waals surface area contributed by atoms with Crippen molar-refractivity contribution in [3.05, 3.63) is 83.7 Å². The number of aliphatic hydroxyl groups excluding tert-OH is 1. The van der Waals surface area contributed by atoms with Gasteiger partial charge in [-0.15, -0.1) is 0 Å². The molecule has 1 aromatic heterocycles. The normalized spacial score (nSPS) is 13.8. The van der Waals surface area contributed by atoms with Crippen LogP contribution in [0.4, 0.5) is 8.78 Å². The van der Waals surface area contributed by atoms with Crippen molar-refractivity contribution >= 4 is 37.9 Å². The van der Waals surface area contributed by atoms with Gasteiger partial charge < -0.3 is 0 Å². The van der Waals surface area contributed by atoms with Crippen LogP contribution in [0.3, 0.4) is 0 Å². The van der Waals surface area contributed by atoms with E-state index in [1.165, 1.54) is 4.90 Å². The van der Waals surface area contributed by atoms with Crippen LogP contribution in [0, 0.1) is 23.0 Å². The summed E-state index contributed by atoms with van der Waals surface area (Å²) in [6.45, 7) is 8.64. The van der Waals surface area contributed by atoms with Crippen LogP contribution in [0.15, 0.2) is 60.8 Å². The minimum atomic E-state index is -1.61. The van der Waals surface area contributed by atoms with Crippen LogP contribution in [0.5, 0.6) is 0 Å². The van der Waals surface area contributed by atoms with Gasteiger partial charge in [0, 0.05) is 0 Å². The first kappa shape index (κ1) is 40.3. The number of rotatable bonds is 16. The van der Waals surface area contributed by atoms with Gasteiger partial charge in [0.25, 0.3) is 0 Å². The number of carbonyl (C=O) groups is 4. The molecule has 1 unspecified atom stereocenters. The molecule has 1 heterocycles. The van der Waals surface area contributed by atoms with Gasteiger partial charge in [0.05, 0.1) is 0 Å². The Kier molecular flexibility index (Phi) is 14.1. The van der Waals surface area contributed by atoms with Crippen molar-refractivity contribution in [3.8, 4) is 11.1 Å². The fourth-order valence-electron chi connectivity index (χ4n) is 5.59. The van der Waals surface area contributed by atoms with Crippen molar-refractivity contribution in [2.45, 2.75) is 70.4 Å². The molecular weight excluding hydrogens is 764 g/mol. The van der Waals surface area contributed by atoms with E-state index in [-0.39, 0.29) is 18.5 Å². The maximum atomic E-state index is 15.0. The predicted molar refractivity (Wildman–Crippen MR) is 178 cm³/mol. The Morgan fingerprint density at radius 3 is 2.27 bits per heavy atom. The molecule has 0 fully saturated rings. The number of nitrogens with one attached hydrogen (secondary N) is 1. The van der Waals surface area contributed by atoms with Crippen molar-refractivity contribution in [2.75, 3.05) is 13.2 Å². The molecule has 49 heavy (non-hydrogen) atoms. The number of amides is 2. The van der Waals surface area contributed by atoms with E-state index in [9.17, 15) is 38.2 Å². The van der Waals surface area contributed by atoms with E-state index in [0.717, 1.165) is 23.8 Å². The average molecular weight is 808 g/mol. The molecule has 2 amide bonds. The van der Waals surface area contributed by atoms with E-state index < -0.39 is 95.4 Å². The number of hydrogen-bond donors (Lipinski definition) is 4. The van der Waals surface area contributed by atoms with E-state index in [1.54, 1.807) is 26.1 Å². The molecule has 2 radical (unpaired) electrons. The molecule has 0 saturated carbocycles. The van der Waals surface area contributed by atoms with E-state index in [0.29, 0.717) is 17.8 Å². The van der Waals surface area contributed by atoms with Gasteiger partial charge in [-0.2, -0.15) is 0 Å². The summed E-state index contributed by atoms with van der Waals surface area (Å²) in [5.41, 5.74) is 7.59. The molecule has 264 valence electrons. The van der Waals surface area contributed by atoms with Crippen LogP contribution >= 0.6 is 0 Å². The van der Waals surface area contributed by atoms with Crippen LogP contribution in [-0.4, -0.2) is 76.7 Å². The first-order chi connectivity index (χ1) is 22.8. The standard InChI is InChI=1S/C35H43F2IN4O6.Al/c1-21(2)25(17-31(45)46)34(48)40-38-33(47)28(39)13-14-42(30(44)20-43)32(35(3,4)5)29-15-23(26-16-24(36)11-12-27(26)37)19-41(29)18-22-9-7-6-8-10-22;/h6-12,15-16,19,25,28,32,43H,13-14,17-18,20,39H2,1-5H3,(H,40,48)(H,45,46);/q-1;/t25?,28-,32-;/m0./s1. The summed E-state index contributed by atoms with van der Waals surface area (Å²) < 4.78 is 32.6. The van der Waals surface area contributed by atoms with Crippen molar-refractivity contribution < 1.29 is 59.7 Å². The van der Waals surface area contributed by atoms with E-state index in [2.05, 4.69) is 19.8 Å². The Morgan fingerprint density at radius 1 is 1.04 bits per heavy atom. The second-order valence-corrected chi connectivity index (χ2v) is 17.3. The summed E-state index contributed by atoms with van der Waals surface area (Å²) >= 11 is 0.846. The predicted octanol–water partition coefficient (Wildman–Crippen LogP) is 1.21. The van der Waals surface area contributed by atoms with Crippen molar-refractivity contribution in [2.24, 2.45) is 17.1 Å². The van der Waals surface area contributed by atoms with Crippen LogP contribution in [0.25, 0.3) is 11.1 Å². The van der Waals surface area contributed by atoms with Gasteiger partial charge >= 0.3 is 289 Å². The number of aliphatic hydroxyl groups is 1. The maximum absolute atomic E-state index is 15.0. The second kappa shape index (κ2) is 17.2. The first-order valence-corrected chi connectivity index (χ1v) is 18.4. The summed E-state index contributed by atoms with van der Waals surface area (Å²) in [7, 11) is 0. The number of nitrogens with zero attached hydrogens (tertiary/aromatic N) is 2. The molecule has 0 aliphatic carbocycles. The zero-order chi connectivity index (χ0) is 36.7. The van der Waals surface area contributed by atoms with Gasteiger partial charge in [0.15, 0.2) is 0 Å². The van der Waals surface area contributed by atoms with Gasteiger partial charge in [-0.3, -0.25) is 0 Å². The van der Waals surface area contributed by atoms with Crippen molar-refractivity contribution in [3.63, 3.8) is 0 Å².